The predicted molar refractivity (Wildman–Crippen MR) is 102 cm³/mol. The maximum atomic E-state index is 12.7. The summed E-state index contributed by atoms with van der Waals surface area (Å²) in [6.45, 7) is 1.01. The number of amides is 1. The van der Waals surface area contributed by atoms with E-state index in [1.165, 1.54) is 0 Å². The maximum Gasteiger partial charge on any atom is 0.272 e. The molecule has 0 saturated carbocycles. The molecular formula is C20H20N4O4. The number of hydrogen-bond donors (Lipinski definition) is 1. The van der Waals surface area contributed by atoms with E-state index >= 15 is 0 Å². The number of carbonyl (C=O) groups is 1. The Morgan fingerprint density at radius 3 is 2.71 bits per heavy atom. The molecule has 3 heterocycles. The molecule has 1 N–H and O–H groups in total. The van der Waals surface area contributed by atoms with Crippen molar-refractivity contribution in [3.63, 3.8) is 0 Å². The molecule has 1 amide bonds. The number of pyridine rings is 1. The molecule has 0 unspecified atom stereocenters. The minimum atomic E-state index is -0.124. The van der Waals surface area contributed by atoms with E-state index in [4.69, 9.17) is 14.2 Å². The normalized spacial score (nSPS) is 13.7. The summed E-state index contributed by atoms with van der Waals surface area (Å²) >= 11 is 0. The largest absolute Gasteiger partial charge is 0.497 e. The fourth-order valence-electron chi connectivity index (χ4n) is 3.02. The molecule has 1 fully saturated rings. The van der Waals surface area contributed by atoms with Crippen molar-refractivity contribution in [3.8, 4) is 28.6 Å². The van der Waals surface area contributed by atoms with Crippen molar-refractivity contribution in [2.45, 2.75) is 6.10 Å². The number of nitrogens with one attached hydrogen (secondary N) is 1. The van der Waals surface area contributed by atoms with Crippen molar-refractivity contribution in [2.24, 2.45) is 0 Å². The number of aromatic amines is 1. The molecule has 8 heteroatoms. The minimum Gasteiger partial charge on any atom is -0.497 e. The van der Waals surface area contributed by atoms with E-state index in [2.05, 4.69) is 15.2 Å². The first-order valence-corrected chi connectivity index (χ1v) is 8.82. The lowest BCUT2D eigenvalue weighted by molar-refractivity contribution is 0.0156. The van der Waals surface area contributed by atoms with Gasteiger partial charge in [0.1, 0.15) is 23.3 Å². The first-order chi connectivity index (χ1) is 13.7. The fourth-order valence-corrected chi connectivity index (χ4v) is 3.02. The number of nitrogens with zero attached hydrogens (tertiary/aromatic N) is 3. The lowest BCUT2D eigenvalue weighted by Crippen LogP contribution is -2.56. The number of H-pyrrole nitrogens is 1. The van der Waals surface area contributed by atoms with Crippen LogP contribution < -0.4 is 14.2 Å². The number of aromatic nitrogens is 3. The molecule has 144 valence electrons. The second-order valence-electron chi connectivity index (χ2n) is 6.35. The summed E-state index contributed by atoms with van der Waals surface area (Å²) in [6, 6.07) is 12.6. The average molecular weight is 380 g/mol. The molecular weight excluding hydrogens is 360 g/mol. The molecule has 0 bridgehead atoms. The minimum absolute atomic E-state index is 0.0558. The lowest BCUT2D eigenvalue weighted by Gasteiger charge is -2.38. The third kappa shape index (κ3) is 3.48. The van der Waals surface area contributed by atoms with Crippen LogP contribution in [0.2, 0.25) is 0 Å². The van der Waals surface area contributed by atoms with Gasteiger partial charge < -0.3 is 19.1 Å². The molecule has 2 aromatic heterocycles. The summed E-state index contributed by atoms with van der Waals surface area (Å²) < 4.78 is 16.4. The third-order valence-corrected chi connectivity index (χ3v) is 4.55. The number of benzene rings is 1. The Morgan fingerprint density at radius 2 is 2.00 bits per heavy atom. The maximum absolute atomic E-state index is 12.7. The second-order valence-corrected chi connectivity index (χ2v) is 6.35. The van der Waals surface area contributed by atoms with Crippen molar-refractivity contribution in [1.82, 2.24) is 20.1 Å². The van der Waals surface area contributed by atoms with Gasteiger partial charge in [-0.2, -0.15) is 5.10 Å². The van der Waals surface area contributed by atoms with Gasteiger partial charge in [-0.05, 0) is 30.3 Å². The molecule has 28 heavy (non-hydrogen) atoms. The van der Waals surface area contributed by atoms with Gasteiger partial charge in [0.15, 0.2) is 0 Å². The van der Waals surface area contributed by atoms with E-state index < -0.39 is 0 Å². The summed E-state index contributed by atoms with van der Waals surface area (Å²) in [5.74, 6) is 1.78. The van der Waals surface area contributed by atoms with Gasteiger partial charge in [0, 0.05) is 17.8 Å². The molecule has 1 saturated heterocycles. The van der Waals surface area contributed by atoms with Crippen LogP contribution in [-0.2, 0) is 0 Å². The van der Waals surface area contributed by atoms with Crippen LogP contribution in [0.25, 0.3) is 11.3 Å². The van der Waals surface area contributed by atoms with Gasteiger partial charge in [-0.1, -0.05) is 6.07 Å². The number of carbonyl (C=O) groups excluding carboxylic acids is 1. The van der Waals surface area contributed by atoms with E-state index in [0.717, 1.165) is 5.56 Å². The monoisotopic (exact) mass is 380 g/mol. The summed E-state index contributed by atoms with van der Waals surface area (Å²) in [5.41, 5.74) is 1.77. The summed E-state index contributed by atoms with van der Waals surface area (Å²) in [7, 11) is 3.18. The van der Waals surface area contributed by atoms with Crippen LogP contribution in [0.3, 0.4) is 0 Å². The van der Waals surface area contributed by atoms with Crippen molar-refractivity contribution < 1.29 is 19.0 Å². The highest BCUT2D eigenvalue weighted by molar-refractivity contribution is 5.94. The zero-order valence-corrected chi connectivity index (χ0v) is 15.6. The molecule has 8 nitrogen and oxygen atoms in total. The van der Waals surface area contributed by atoms with E-state index in [1.807, 2.05) is 24.3 Å². The Labute approximate surface area is 162 Å². The summed E-state index contributed by atoms with van der Waals surface area (Å²) in [6.07, 6.45) is 1.62. The van der Waals surface area contributed by atoms with Gasteiger partial charge in [0.05, 0.1) is 33.0 Å². The average Bonchev–Trinajstić information content (AvgIpc) is 3.20. The van der Waals surface area contributed by atoms with Crippen LogP contribution in [0.4, 0.5) is 0 Å². The van der Waals surface area contributed by atoms with E-state index in [1.54, 1.807) is 43.5 Å². The van der Waals surface area contributed by atoms with E-state index in [0.29, 0.717) is 41.9 Å². The van der Waals surface area contributed by atoms with Gasteiger partial charge in [-0.15, -0.1) is 0 Å². The molecule has 1 aliphatic heterocycles. The van der Waals surface area contributed by atoms with Gasteiger partial charge in [0.2, 0.25) is 5.88 Å². The Morgan fingerprint density at radius 1 is 1.14 bits per heavy atom. The second kappa shape index (κ2) is 7.59. The molecule has 0 radical (unpaired) electrons. The highest BCUT2D eigenvalue weighted by atomic mass is 16.5. The first kappa shape index (κ1) is 17.8. The molecule has 1 aliphatic rings. The molecule has 0 aliphatic carbocycles. The van der Waals surface area contributed by atoms with Gasteiger partial charge in [-0.25, -0.2) is 4.98 Å². The van der Waals surface area contributed by atoms with Crippen LogP contribution in [-0.4, -0.2) is 59.4 Å². The van der Waals surface area contributed by atoms with Crippen LogP contribution in [0.15, 0.2) is 48.7 Å². The van der Waals surface area contributed by atoms with E-state index in [-0.39, 0.29) is 12.0 Å². The van der Waals surface area contributed by atoms with Crippen molar-refractivity contribution >= 4 is 5.91 Å². The zero-order valence-electron chi connectivity index (χ0n) is 15.6. The third-order valence-electron chi connectivity index (χ3n) is 4.55. The van der Waals surface area contributed by atoms with Crippen molar-refractivity contribution in [1.29, 1.82) is 0 Å². The molecule has 0 atom stereocenters. The predicted octanol–water partition coefficient (Wildman–Crippen LogP) is 2.39. The number of methoxy groups -OCH3 is 2. The lowest BCUT2D eigenvalue weighted by atomic mass is 10.1. The van der Waals surface area contributed by atoms with E-state index in [9.17, 15) is 4.79 Å². The van der Waals surface area contributed by atoms with Crippen LogP contribution in [0.5, 0.6) is 17.4 Å². The Hall–Kier alpha value is -3.55. The summed E-state index contributed by atoms with van der Waals surface area (Å²) in [5, 5.41) is 7.09. The zero-order chi connectivity index (χ0) is 19.5. The van der Waals surface area contributed by atoms with Crippen molar-refractivity contribution in [2.75, 3.05) is 27.3 Å². The Balaban J connectivity index is 1.43. The number of likely N-dealkylation sites (tertiary alicyclic amines) is 1. The molecule has 0 spiro atoms. The van der Waals surface area contributed by atoms with Crippen LogP contribution >= 0.6 is 0 Å². The highest BCUT2D eigenvalue weighted by Crippen LogP contribution is 2.32. The Kier molecular flexibility index (Phi) is 4.84. The number of ether oxygens (including phenoxy) is 3. The SMILES string of the molecule is COc1ccc(OC)c(-c2cc(C(=O)N3CC(Oc4ccccn4)C3)[nH]n2)c1. The van der Waals surface area contributed by atoms with Gasteiger partial charge in [0.25, 0.3) is 5.91 Å². The van der Waals surface area contributed by atoms with Gasteiger partial charge >= 0.3 is 0 Å². The topological polar surface area (TPSA) is 89.6 Å². The smallest absolute Gasteiger partial charge is 0.272 e. The number of hydrogen-bond acceptors (Lipinski definition) is 6. The quantitative estimate of drug-likeness (QED) is 0.706. The number of rotatable bonds is 6. The Bertz CT molecular complexity index is 967. The van der Waals surface area contributed by atoms with Crippen molar-refractivity contribution in [3.05, 3.63) is 54.4 Å². The van der Waals surface area contributed by atoms with Gasteiger partial charge in [-0.3, -0.25) is 9.89 Å². The molecule has 3 aromatic rings. The fraction of sp³-hybridized carbons (Fsp3) is 0.250. The highest BCUT2D eigenvalue weighted by Gasteiger charge is 2.34. The molecule has 4 rings (SSSR count). The standard InChI is InChI=1S/C20H20N4O4/c1-26-13-6-7-18(27-2)15(9-13)16-10-17(23-22-16)20(25)24-11-14(12-24)28-19-5-3-4-8-21-19/h3-10,14H,11-12H2,1-2H3,(H,22,23). The first-order valence-electron chi connectivity index (χ1n) is 8.82. The molecule has 1 aromatic carbocycles. The van der Waals surface area contributed by atoms with Crippen LogP contribution in [0, 0.1) is 0 Å². The van der Waals surface area contributed by atoms with Crippen LogP contribution in [0.1, 0.15) is 10.5 Å². The summed E-state index contributed by atoms with van der Waals surface area (Å²) in [4.78, 5) is 18.5.